The van der Waals surface area contributed by atoms with E-state index in [2.05, 4.69) is 14.9 Å². The Kier molecular flexibility index (Phi) is 3.21. The van der Waals surface area contributed by atoms with Crippen molar-refractivity contribution < 1.29 is 4.21 Å². The summed E-state index contributed by atoms with van der Waals surface area (Å²) < 4.78 is 11.2. The van der Waals surface area contributed by atoms with Crippen LogP contribution in [0.4, 0.5) is 5.82 Å². The molecule has 0 unspecified atom stereocenters. The minimum Gasteiger partial charge on any atom is -0.355 e. The molecule has 0 aliphatic carbocycles. The molecule has 2 rings (SSSR count). The van der Waals surface area contributed by atoms with Gasteiger partial charge in [0.1, 0.15) is 5.82 Å². The number of rotatable bonds is 1. The maximum Gasteiger partial charge on any atom is 0.224 e. The molecule has 0 atom stereocenters. The van der Waals surface area contributed by atoms with E-state index in [9.17, 15) is 4.21 Å². The second kappa shape index (κ2) is 4.45. The van der Waals surface area contributed by atoms with Crippen molar-refractivity contribution in [3.05, 3.63) is 17.0 Å². The molecule has 0 aromatic carbocycles. The summed E-state index contributed by atoms with van der Waals surface area (Å²) in [5.74, 6) is 2.26. The third-order valence-corrected chi connectivity index (χ3v) is 3.76. The lowest BCUT2D eigenvalue weighted by Gasteiger charge is -2.27. The van der Waals surface area contributed by atoms with Crippen LogP contribution in [0.3, 0.4) is 0 Å². The molecule has 15 heavy (non-hydrogen) atoms. The van der Waals surface area contributed by atoms with E-state index in [1.807, 2.05) is 13.0 Å². The smallest absolute Gasteiger partial charge is 0.224 e. The average molecular weight is 246 g/mol. The minimum atomic E-state index is -0.663. The number of hydrogen-bond acceptors (Lipinski definition) is 4. The summed E-state index contributed by atoms with van der Waals surface area (Å²) in [6.07, 6.45) is 0. The fourth-order valence-corrected chi connectivity index (χ4v) is 2.82. The molecule has 1 aromatic heterocycles. The summed E-state index contributed by atoms with van der Waals surface area (Å²) in [6.45, 7) is 3.44. The molecule has 0 saturated carbocycles. The molecule has 1 saturated heterocycles. The van der Waals surface area contributed by atoms with Crippen LogP contribution in [0, 0.1) is 6.92 Å². The lowest BCUT2D eigenvalue weighted by Crippen LogP contribution is -2.38. The Hall–Kier alpha value is -0.680. The second-order valence-electron chi connectivity index (χ2n) is 3.47. The Labute approximate surface area is 96.1 Å². The first-order chi connectivity index (χ1) is 7.15. The number of aryl methyl sites for hydroxylation is 1. The zero-order valence-electron chi connectivity index (χ0n) is 8.44. The van der Waals surface area contributed by atoms with E-state index in [-0.39, 0.29) is 5.28 Å². The van der Waals surface area contributed by atoms with Crippen molar-refractivity contribution in [3.63, 3.8) is 0 Å². The molecule has 0 radical (unpaired) electrons. The molecule has 0 bridgehead atoms. The highest BCUT2D eigenvalue weighted by atomic mass is 35.5. The number of anilines is 1. The maximum absolute atomic E-state index is 11.2. The lowest BCUT2D eigenvalue weighted by atomic mass is 10.4. The van der Waals surface area contributed by atoms with Crippen molar-refractivity contribution in [2.24, 2.45) is 0 Å². The molecule has 0 spiro atoms. The van der Waals surface area contributed by atoms with Gasteiger partial charge in [0.2, 0.25) is 5.28 Å². The van der Waals surface area contributed by atoms with E-state index in [0.717, 1.165) is 24.6 Å². The van der Waals surface area contributed by atoms with E-state index in [1.165, 1.54) is 0 Å². The molecule has 0 N–H and O–H groups in total. The molecular formula is C9H12ClN3OS. The van der Waals surface area contributed by atoms with E-state index in [4.69, 9.17) is 11.6 Å². The van der Waals surface area contributed by atoms with Gasteiger partial charge in [0.05, 0.1) is 0 Å². The molecule has 1 fully saturated rings. The first kappa shape index (κ1) is 10.8. The van der Waals surface area contributed by atoms with Gasteiger partial charge in [-0.25, -0.2) is 9.97 Å². The van der Waals surface area contributed by atoms with E-state index in [1.54, 1.807) is 0 Å². The number of hydrogen-bond donors (Lipinski definition) is 0. The van der Waals surface area contributed by atoms with Crippen LogP contribution in [0.1, 0.15) is 5.69 Å². The summed E-state index contributed by atoms with van der Waals surface area (Å²) in [7, 11) is -0.663. The third kappa shape index (κ3) is 2.66. The molecule has 0 amide bonds. The highest BCUT2D eigenvalue weighted by Crippen LogP contribution is 2.16. The van der Waals surface area contributed by atoms with Crippen LogP contribution in [-0.4, -0.2) is 38.8 Å². The first-order valence-corrected chi connectivity index (χ1v) is 6.63. The monoisotopic (exact) mass is 245 g/mol. The van der Waals surface area contributed by atoms with Gasteiger partial charge < -0.3 is 4.90 Å². The lowest BCUT2D eigenvalue weighted by molar-refractivity contribution is 0.672. The molecule has 82 valence electrons. The fourth-order valence-electron chi connectivity index (χ4n) is 1.55. The van der Waals surface area contributed by atoms with Crippen LogP contribution in [-0.2, 0) is 10.8 Å². The molecule has 2 heterocycles. The molecule has 1 aromatic rings. The first-order valence-electron chi connectivity index (χ1n) is 4.76. The Morgan fingerprint density at radius 2 is 2.07 bits per heavy atom. The van der Waals surface area contributed by atoms with Gasteiger partial charge in [-0.3, -0.25) is 4.21 Å². The zero-order chi connectivity index (χ0) is 10.8. The molecular weight excluding hydrogens is 234 g/mol. The number of nitrogens with zero attached hydrogens (tertiary/aromatic N) is 3. The molecule has 6 heteroatoms. The summed E-state index contributed by atoms with van der Waals surface area (Å²) >= 11 is 5.79. The Morgan fingerprint density at radius 3 is 2.67 bits per heavy atom. The van der Waals surface area contributed by atoms with Crippen molar-refractivity contribution in [3.8, 4) is 0 Å². The van der Waals surface area contributed by atoms with Crippen LogP contribution >= 0.6 is 11.6 Å². The topological polar surface area (TPSA) is 46.1 Å². The van der Waals surface area contributed by atoms with Gasteiger partial charge in [0.15, 0.2) is 0 Å². The van der Waals surface area contributed by atoms with Gasteiger partial charge in [0.25, 0.3) is 0 Å². The Bertz CT molecular complexity index is 369. The normalized spacial score (nSPS) is 18.1. The summed E-state index contributed by atoms with van der Waals surface area (Å²) in [6, 6.07) is 1.90. The highest BCUT2D eigenvalue weighted by molar-refractivity contribution is 7.85. The predicted octanol–water partition coefficient (Wildman–Crippen LogP) is 1.01. The SMILES string of the molecule is Cc1cc(N2CCS(=O)CC2)nc(Cl)n1. The van der Waals surface area contributed by atoms with Gasteiger partial charge in [-0.05, 0) is 18.5 Å². The van der Waals surface area contributed by atoms with Crippen molar-refractivity contribution in [2.45, 2.75) is 6.92 Å². The van der Waals surface area contributed by atoms with Gasteiger partial charge >= 0.3 is 0 Å². The van der Waals surface area contributed by atoms with Crippen molar-refractivity contribution in [2.75, 3.05) is 29.5 Å². The van der Waals surface area contributed by atoms with Crippen LogP contribution in [0.2, 0.25) is 5.28 Å². The molecule has 4 nitrogen and oxygen atoms in total. The van der Waals surface area contributed by atoms with E-state index < -0.39 is 10.8 Å². The number of halogens is 1. The maximum atomic E-state index is 11.2. The summed E-state index contributed by atoms with van der Waals surface area (Å²) in [5.41, 5.74) is 0.858. The fraction of sp³-hybridized carbons (Fsp3) is 0.556. The minimum absolute atomic E-state index is 0.275. The standard InChI is InChI=1S/C9H12ClN3OS/c1-7-6-8(12-9(10)11-7)13-2-4-15(14)5-3-13/h6H,2-5H2,1H3. The van der Waals surface area contributed by atoms with Gasteiger partial charge in [0, 0.05) is 47.2 Å². The quantitative estimate of drug-likeness (QED) is 0.693. The van der Waals surface area contributed by atoms with Gasteiger partial charge in [-0.15, -0.1) is 0 Å². The summed E-state index contributed by atoms with van der Waals surface area (Å²) in [4.78, 5) is 10.3. The second-order valence-corrected chi connectivity index (χ2v) is 5.51. The van der Waals surface area contributed by atoms with Crippen LogP contribution in [0.5, 0.6) is 0 Å². The van der Waals surface area contributed by atoms with Crippen molar-refractivity contribution in [1.82, 2.24) is 9.97 Å². The highest BCUT2D eigenvalue weighted by Gasteiger charge is 2.17. The van der Waals surface area contributed by atoms with Gasteiger partial charge in [-0.2, -0.15) is 0 Å². The Balaban J connectivity index is 2.18. The largest absolute Gasteiger partial charge is 0.355 e. The van der Waals surface area contributed by atoms with Crippen LogP contribution in [0.25, 0.3) is 0 Å². The van der Waals surface area contributed by atoms with Gasteiger partial charge in [-0.1, -0.05) is 0 Å². The van der Waals surface area contributed by atoms with E-state index >= 15 is 0 Å². The van der Waals surface area contributed by atoms with Crippen LogP contribution in [0.15, 0.2) is 6.07 Å². The summed E-state index contributed by atoms with van der Waals surface area (Å²) in [5, 5.41) is 0.275. The molecule has 1 aliphatic rings. The zero-order valence-corrected chi connectivity index (χ0v) is 10.0. The van der Waals surface area contributed by atoms with Crippen LogP contribution < -0.4 is 4.90 Å². The van der Waals surface area contributed by atoms with Crippen molar-refractivity contribution in [1.29, 1.82) is 0 Å². The Morgan fingerprint density at radius 1 is 1.40 bits per heavy atom. The molecule has 1 aliphatic heterocycles. The van der Waals surface area contributed by atoms with Crippen molar-refractivity contribution >= 4 is 28.2 Å². The predicted molar refractivity (Wildman–Crippen MR) is 61.9 cm³/mol. The number of aromatic nitrogens is 2. The van der Waals surface area contributed by atoms with E-state index in [0.29, 0.717) is 11.5 Å². The average Bonchev–Trinajstić information content (AvgIpc) is 2.17. The third-order valence-electron chi connectivity index (χ3n) is 2.32.